The first-order chi connectivity index (χ1) is 9.53. The molecule has 0 radical (unpaired) electrons. The van der Waals surface area contributed by atoms with E-state index in [0.717, 1.165) is 11.3 Å². The number of hydrogen-bond acceptors (Lipinski definition) is 3. The fourth-order valence-electron chi connectivity index (χ4n) is 1.79. The number of anilines is 1. The van der Waals surface area contributed by atoms with E-state index in [2.05, 4.69) is 5.32 Å². The molecule has 0 aliphatic heterocycles. The molecule has 0 saturated heterocycles. The summed E-state index contributed by atoms with van der Waals surface area (Å²) in [5.41, 5.74) is 1.86. The van der Waals surface area contributed by atoms with Crippen LogP contribution < -0.4 is 5.32 Å². The van der Waals surface area contributed by atoms with Gasteiger partial charge >= 0.3 is 0 Å². The SMILES string of the molecule is CCS(=O)(=O)c1ccc(NCc2ccccc2Cl)cc1. The van der Waals surface area contributed by atoms with Crippen LogP contribution in [0, 0.1) is 0 Å². The summed E-state index contributed by atoms with van der Waals surface area (Å²) in [5.74, 6) is 0.111. The molecule has 3 nitrogen and oxygen atoms in total. The van der Waals surface area contributed by atoms with Crippen LogP contribution in [0.5, 0.6) is 0 Å². The van der Waals surface area contributed by atoms with Crippen LogP contribution in [0.1, 0.15) is 12.5 Å². The summed E-state index contributed by atoms with van der Waals surface area (Å²) in [6.07, 6.45) is 0. The maximum absolute atomic E-state index is 11.7. The van der Waals surface area contributed by atoms with E-state index in [-0.39, 0.29) is 5.75 Å². The van der Waals surface area contributed by atoms with Crippen LogP contribution in [0.4, 0.5) is 5.69 Å². The zero-order valence-corrected chi connectivity index (χ0v) is 12.7. The Kier molecular flexibility index (Phi) is 4.68. The number of rotatable bonds is 5. The predicted octanol–water partition coefficient (Wildman–Crippen LogP) is 3.75. The fourth-order valence-corrected chi connectivity index (χ4v) is 2.87. The second kappa shape index (κ2) is 6.29. The normalized spacial score (nSPS) is 11.3. The van der Waals surface area contributed by atoms with Gasteiger partial charge in [-0.25, -0.2) is 8.42 Å². The molecular formula is C15H16ClNO2S. The second-order valence-electron chi connectivity index (χ2n) is 4.37. The Morgan fingerprint density at radius 3 is 2.30 bits per heavy atom. The molecule has 0 aliphatic rings. The number of nitrogens with one attached hydrogen (secondary N) is 1. The van der Waals surface area contributed by atoms with Crippen LogP contribution >= 0.6 is 11.6 Å². The van der Waals surface area contributed by atoms with Crippen molar-refractivity contribution in [3.8, 4) is 0 Å². The third-order valence-corrected chi connectivity index (χ3v) is 5.15. The van der Waals surface area contributed by atoms with Crippen molar-refractivity contribution in [2.24, 2.45) is 0 Å². The number of hydrogen-bond donors (Lipinski definition) is 1. The van der Waals surface area contributed by atoms with Gasteiger partial charge in [0.05, 0.1) is 10.6 Å². The Bertz CT molecular complexity index is 681. The van der Waals surface area contributed by atoms with Crippen molar-refractivity contribution in [1.82, 2.24) is 0 Å². The van der Waals surface area contributed by atoms with E-state index in [1.807, 2.05) is 24.3 Å². The van der Waals surface area contributed by atoms with Crippen molar-refractivity contribution in [3.63, 3.8) is 0 Å². The number of benzene rings is 2. The molecule has 0 heterocycles. The minimum absolute atomic E-state index is 0.111. The van der Waals surface area contributed by atoms with Gasteiger partial charge in [-0.05, 0) is 35.9 Å². The quantitative estimate of drug-likeness (QED) is 0.915. The van der Waals surface area contributed by atoms with E-state index < -0.39 is 9.84 Å². The van der Waals surface area contributed by atoms with Gasteiger partial charge in [-0.3, -0.25) is 0 Å². The summed E-state index contributed by atoms with van der Waals surface area (Å²) in [4.78, 5) is 0.350. The van der Waals surface area contributed by atoms with Gasteiger partial charge in [0.15, 0.2) is 9.84 Å². The van der Waals surface area contributed by atoms with E-state index in [1.54, 1.807) is 31.2 Å². The van der Waals surface area contributed by atoms with Crippen molar-refractivity contribution in [1.29, 1.82) is 0 Å². The minimum Gasteiger partial charge on any atom is -0.381 e. The monoisotopic (exact) mass is 309 g/mol. The van der Waals surface area contributed by atoms with Crippen LogP contribution in [-0.2, 0) is 16.4 Å². The number of sulfone groups is 1. The highest BCUT2D eigenvalue weighted by atomic mass is 35.5. The number of halogens is 1. The summed E-state index contributed by atoms with van der Waals surface area (Å²) >= 11 is 6.08. The smallest absolute Gasteiger partial charge is 0.178 e. The van der Waals surface area contributed by atoms with Crippen molar-refractivity contribution in [2.75, 3.05) is 11.1 Å². The first-order valence-electron chi connectivity index (χ1n) is 6.33. The summed E-state index contributed by atoms with van der Waals surface area (Å²) in [7, 11) is -3.14. The highest BCUT2D eigenvalue weighted by Crippen LogP contribution is 2.19. The molecule has 0 spiro atoms. The zero-order chi connectivity index (χ0) is 14.6. The molecule has 1 N–H and O–H groups in total. The van der Waals surface area contributed by atoms with E-state index >= 15 is 0 Å². The lowest BCUT2D eigenvalue weighted by Crippen LogP contribution is -2.04. The Balaban J connectivity index is 2.07. The average Bonchev–Trinajstić information content (AvgIpc) is 2.47. The van der Waals surface area contributed by atoms with E-state index in [1.165, 1.54) is 0 Å². The maximum atomic E-state index is 11.7. The third-order valence-electron chi connectivity index (χ3n) is 3.03. The average molecular weight is 310 g/mol. The highest BCUT2D eigenvalue weighted by Gasteiger charge is 2.10. The molecule has 0 aromatic heterocycles. The first-order valence-corrected chi connectivity index (χ1v) is 8.36. The highest BCUT2D eigenvalue weighted by molar-refractivity contribution is 7.91. The Morgan fingerprint density at radius 2 is 1.70 bits per heavy atom. The van der Waals surface area contributed by atoms with E-state index in [0.29, 0.717) is 16.5 Å². The molecule has 5 heteroatoms. The molecule has 0 saturated carbocycles. The second-order valence-corrected chi connectivity index (χ2v) is 7.06. The van der Waals surface area contributed by atoms with Gasteiger partial charge in [0.1, 0.15) is 0 Å². The molecule has 20 heavy (non-hydrogen) atoms. The van der Waals surface area contributed by atoms with Crippen LogP contribution in [0.15, 0.2) is 53.4 Å². The summed E-state index contributed by atoms with van der Waals surface area (Å²) in [6, 6.07) is 14.4. The van der Waals surface area contributed by atoms with Gasteiger partial charge in [-0.15, -0.1) is 0 Å². The molecule has 0 unspecified atom stereocenters. The van der Waals surface area contributed by atoms with Crippen molar-refractivity contribution < 1.29 is 8.42 Å². The Hall–Kier alpha value is -1.52. The van der Waals surface area contributed by atoms with Crippen molar-refractivity contribution in [2.45, 2.75) is 18.4 Å². The van der Waals surface area contributed by atoms with Gasteiger partial charge in [-0.2, -0.15) is 0 Å². The zero-order valence-electron chi connectivity index (χ0n) is 11.1. The molecule has 0 bridgehead atoms. The molecule has 0 atom stereocenters. The predicted molar refractivity (Wildman–Crippen MR) is 82.9 cm³/mol. The Labute approximate surface area is 124 Å². The molecule has 0 amide bonds. The maximum Gasteiger partial charge on any atom is 0.178 e. The molecule has 2 rings (SSSR count). The van der Waals surface area contributed by atoms with Crippen molar-refractivity contribution >= 4 is 27.1 Å². The molecule has 0 fully saturated rings. The lowest BCUT2D eigenvalue weighted by atomic mass is 10.2. The molecule has 106 valence electrons. The molecule has 2 aromatic rings. The Morgan fingerprint density at radius 1 is 1.05 bits per heavy atom. The molecule has 2 aromatic carbocycles. The minimum atomic E-state index is -3.14. The lowest BCUT2D eigenvalue weighted by Gasteiger charge is -2.09. The standard InChI is InChI=1S/C15H16ClNO2S/c1-2-20(18,19)14-9-7-13(8-10-14)17-11-12-5-3-4-6-15(12)16/h3-10,17H,2,11H2,1H3. The third kappa shape index (κ3) is 3.52. The van der Waals surface area contributed by atoms with Gasteiger partial charge in [0, 0.05) is 17.3 Å². The van der Waals surface area contributed by atoms with Gasteiger partial charge in [-0.1, -0.05) is 36.7 Å². The summed E-state index contributed by atoms with van der Waals surface area (Å²) in [6.45, 7) is 2.23. The van der Waals surface area contributed by atoms with Gasteiger partial charge < -0.3 is 5.32 Å². The molecular weight excluding hydrogens is 294 g/mol. The van der Waals surface area contributed by atoms with Crippen LogP contribution in [0.25, 0.3) is 0 Å². The van der Waals surface area contributed by atoms with E-state index in [4.69, 9.17) is 11.6 Å². The first kappa shape index (κ1) is 14.9. The summed E-state index contributed by atoms with van der Waals surface area (Å²) in [5, 5.41) is 3.93. The largest absolute Gasteiger partial charge is 0.381 e. The molecule has 0 aliphatic carbocycles. The van der Waals surface area contributed by atoms with Crippen LogP contribution in [0.3, 0.4) is 0 Å². The van der Waals surface area contributed by atoms with Crippen molar-refractivity contribution in [3.05, 3.63) is 59.1 Å². The van der Waals surface area contributed by atoms with Gasteiger partial charge in [0.2, 0.25) is 0 Å². The lowest BCUT2D eigenvalue weighted by molar-refractivity contribution is 0.597. The topological polar surface area (TPSA) is 46.2 Å². The van der Waals surface area contributed by atoms with Gasteiger partial charge in [0.25, 0.3) is 0 Å². The van der Waals surface area contributed by atoms with E-state index in [9.17, 15) is 8.42 Å². The fraction of sp³-hybridized carbons (Fsp3) is 0.200. The van der Waals surface area contributed by atoms with Crippen LogP contribution in [-0.4, -0.2) is 14.2 Å². The van der Waals surface area contributed by atoms with Crippen LogP contribution in [0.2, 0.25) is 5.02 Å². The summed E-state index contributed by atoms with van der Waals surface area (Å²) < 4.78 is 23.4.